The minimum atomic E-state index is -0.340. The van der Waals surface area contributed by atoms with Gasteiger partial charge >= 0.3 is 0 Å². The van der Waals surface area contributed by atoms with Crippen molar-refractivity contribution in [1.29, 1.82) is 0 Å². The van der Waals surface area contributed by atoms with Gasteiger partial charge in [-0.15, -0.1) is 11.8 Å². The van der Waals surface area contributed by atoms with E-state index in [1.165, 1.54) is 51.9 Å². The van der Waals surface area contributed by atoms with Crippen LogP contribution in [-0.2, 0) is 5.75 Å². The minimum absolute atomic E-state index is 0.223. The molecule has 5 nitrogen and oxygen atoms in total. The fraction of sp³-hybridized carbons (Fsp3) is 0.0833. The lowest BCUT2D eigenvalue weighted by Gasteiger charge is -2.05. The number of nitrogens with zero attached hydrogens (tertiary/aromatic N) is 3. The van der Waals surface area contributed by atoms with E-state index in [0.29, 0.717) is 27.0 Å². The second-order valence-corrected chi connectivity index (χ2v) is 5.82. The number of nitrogens with two attached hydrogens (primary N) is 1. The summed E-state index contributed by atoms with van der Waals surface area (Å²) in [7, 11) is 0. The van der Waals surface area contributed by atoms with E-state index in [1.807, 2.05) is 0 Å². The smallest absolute Gasteiger partial charge is 0.275 e. The summed E-state index contributed by atoms with van der Waals surface area (Å²) >= 11 is 2.63. The fourth-order valence-corrected chi connectivity index (χ4v) is 3.18. The highest BCUT2D eigenvalue weighted by atomic mass is 32.2. The first-order valence-corrected chi connectivity index (χ1v) is 7.50. The van der Waals surface area contributed by atoms with Gasteiger partial charge in [-0.1, -0.05) is 11.3 Å². The van der Waals surface area contributed by atoms with E-state index >= 15 is 0 Å². The Morgan fingerprint density at radius 1 is 1.40 bits per heavy atom. The molecule has 0 amide bonds. The van der Waals surface area contributed by atoms with Crippen molar-refractivity contribution in [2.24, 2.45) is 0 Å². The summed E-state index contributed by atoms with van der Waals surface area (Å²) in [5.41, 5.74) is 8.24. The van der Waals surface area contributed by atoms with Gasteiger partial charge < -0.3 is 5.73 Å². The van der Waals surface area contributed by atoms with Crippen LogP contribution in [0.15, 0.2) is 39.5 Å². The van der Waals surface area contributed by atoms with Crippen LogP contribution < -0.4 is 11.3 Å². The molecule has 2 heterocycles. The summed E-state index contributed by atoms with van der Waals surface area (Å²) in [5, 5.41) is 3.89. The van der Waals surface area contributed by atoms with Crippen LogP contribution >= 0.6 is 23.1 Å². The number of fused-ring (bicyclic) bond motifs is 1. The standard InChI is InChI=1S/C12H9FN4OS2/c13-7-1-2-9(14)10(3-7)19-5-8-4-11(18)17-12(16-8)20-6-15-17/h1-4,6H,5,14H2. The third-order valence-corrected chi connectivity index (χ3v) is 4.37. The van der Waals surface area contributed by atoms with Crippen LogP contribution in [0.1, 0.15) is 5.69 Å². The second-order valence-electron chi connectivity index (χ2n) is 3.99. The third-order valence-electron chi connectivity index (χ3n) is 2.59. The first-order chi connectivity index (χ1) is 9.63. The second kappa shape index (κ2) is 5.22. The molecular weight excluding hydrogens is 299 g/mol. The van der Waals surface area contributed by atoms with Gasteiger partial charge in [0.15, 0.2) is 0 Å². The summed E-state index contributed by atoms with van der Waals surface area (Å²) in [6, 6.07) is 5.63. The first-order valence-electron chi connectivity index (χ1n) is 5.64. The van der Waals surface area contributed by atoms with Crippen molar-refractivity contribution in [3.63, 3.8) is 0 Å². The Bertz CT molecular complexity index is 830. The maximum atomic E-state index is 13.2. The van der Waals surface area contributed by atoms with Crippen LogP contribution in [0, 0.1) is 5.82 Å². The van der Waals surface area contributed by atoms with Crippen LogP contribution in [0.4, 0.5) is 10.1 Å². The molecule has 0 unspecified atom stereocenters. The third kappa shape index (κ3) is 2.52. The van der Waals surface area contributed by atoms with Crippen LogP contribution in [0.2, 0.25) is 0 Å². The monoisotopic (exact) mass is 308 g/mol. The number of hydrogen-bond donors (Lipinski definition) is 1. The molecule has 0 aliphatic rings. The van der Waals surface area contributed by atoms with Crippen LogP contribution in [0.3, 0.4) is 0 Å². The number of rotatable bonds is 3. The predicted molar refractivity (Wildman–Crippen MR) is 77.5 cm³/mol. The van der Waals surface area contributed by atoms with E-state index < -0.39 is 0 Å². The maximum absolute atomic E-state index is 13.2. The predicted octanol–water partition coefficient (Wildman–Crippen LogP) is 2.16. The molecule has 2 aromatic heterocycles. The lowest BCUT2D eigenvalue weighted by molar-refractivity contribution is 0.624. The van der Waals surface area contributed by atoms with Gasteiger partial charge in [-0.2, -0.15) is 9.61 Å². The average Bonchev–Trinajstić information content (AvgIpc) is 2.89. The Hall–Kier alpha value is -1.93. The first kappa shape index (κ1) is 13.1. The molecule has 102 valence electrons. The molecule has 2 N–H and O–H groups in total. The molecule has 0 aliphatic heterocycles. The van der Waals surface area contributed by atoms with Gasteiger partial charge in [0, 0.05) is 22.4 Å². The molecule has 20 heavy (non-hydrogen) atoms. The van der Waals surface area contributed by atoms with Gasteiger partial charge in [0.05, 0.1) is 5.69 Å². The molecule has 0 aliphatic carbocycles. The Morgan fingerprint density at radius 3 is 3.10 bits per heavy atom. The van der Waals surface area contributed by atoms with E-state index in [4.69, 9.17) is 5.73 Å². The number of aromatic nitrogens is 3. The molecular formula is C12H9FN4OS2. The molecule has 0 saturated heterocycles. The summed E-state index contributed by atoms with van der Waals surface area (Å²) < 4.78 is 14.4. The maximum Gasteiger partial charge on any atom is 0.275 e. The van der Waals surface area contributed by atoms with Crippen LogP contribution in [0.5, 0.6) is 0 Å². The molecule has 8 heteroatoms. The zero-order valence-corrected chi connectivity index (χ0v) is 11.7. The molecule has 1 aromatic carbocycles. The summed E-state index contributed by atoms with van der Waals surface area (Å²) in [6.45, 7) is 0. The van der Waals surface area contributed by atoms with E-state index in [0.717, 1.165) is 0 Å². The van der Waals surface area contributed by atoms with Crippen LogP contribution in [0.25, 0.3) is 4.96 Å². The molecule has 0 atom stereocenters. The summed E-state index contributed by atoms with van der Waals surface area (Å²) in [5.74, 6) is 0.102. The fourth-order valence-electron chi connectivity index (χ4n) is 1.66. The molecule has 0 fully saturated rings. The van der Waals surface area contributed by atoms with E-state index in [2.05, 4.69) is 10.1 Å². The number of nitrogen functional groups attached to an aromatic ring is 1. The number of halogens is 1. The highest BCUT2D eigenvalue weighted by Gasteiger charge is 2.07. The SMILES string of the molecule is Nc1ccc(F)cc1SCc1cc(=O)n2ncsc2n1. The highest BCUT2D eigenvalue weighted by molar-refractivity contribution is 7.98. The number of benzene rings is 1. The molecule has 0 bridgehead atoms. The van der Waals surface area contributed by atoms with Crippen molar-refractivity contribution in [2.75, 3.05) is 5.73 Å². The summed E-state index contributed by atoms with van der Waals surface area (Å²) in [4.78, 5) is 17.3. The van der Waals surface area contributed by atoms with Crippen molar-refractivity contribution in [1.82, 2.24) is 14.6 Å². The Kier molecular flexibility index (Phi) is 3.41. The highest BCUT2D eigenvalue weighted by Crippen LogP contribution is 2.28. The molecule has 3 rings (SSSR count). The van der Waals surface area contributed by atoms with Crippen molar-refractivity contribution >= 4 is 33.7 Å². The largest absolute Gasteiger partial charge is 0.398 e. The van der Waals surface area contributed by atoms with Gasteiger partial charge in [-0.05, 0) is 18.2 Å². The van der Waals surface area contributed by atoms with Crippen molar-refractivity contribution in [2.45, 2.75) is 10.6 Å². The number of thioether (sulfide) groups is 1. The molecule has 3 aromatic rings. The van der Waals surface area contributed by atoms with Crippen molar-refractivity contribution in [3.05, 3.63) is 51.6 Å². The normalized spacial score (nSPS) is 11.1. The lowest BCUT2D eigenvalue weighted by Crippen LogP contribution is -2.14. The lowest BCUT2D eigenvalue weighted by atomic mass is 10.3. The van der Waals surface area contributed by atoms with E-state index in [9.17, 15) is 9.18 Å². The summed E-state index contributed by atoms with van der Waals surface area (Å²) in [6.07, 6.45) is 0. The molecule has 0 spiro atoms. The van der Waals surface area contributed by atoms with E-state index in [1.54, 1.807) is 5.51 Å². The number of anilines is 1. The Morgan fingerprint density at radius 2 is 2.25 bits per heavy atom. The van der Waals surface area contributed by atoms with E-state index in [-0.39, 0.29) is 11.4 Å². The number of hydrogen-bond acceptors (Lipinski definition) is 6. The van der Waals surface area contributed by atoms with Gasteiger partial charge in [-0.25, -0.2) is 9.37 Å². The van der Waals surface area contributed by atoms with Gasteiger partial charge in [0.25, 0.3) is 5.56 Å². The van der Waals surface area contributed by atoms with Crippen molar-refractivity contribution in [3.8, 4) is 0 Å². The van der Waals surface area contributed by atoms with Gasteiger partial charge in [0.2, 0.25) is 4.96 Å². The van der Waals surface area contributed by atoms with Gasteiger partial charge in [-0.3, -0.25) is 4.79 Å². The zero-order valence-electron chi connectivity index (χ0n) is 10.1. The topological polar surface area (TPSA) is 73.3 Å². The molecule has 0 radical (unpaired) electrons. The zero-order chi connectivity index (χ0) is 14.1. The Balaban J connectivity index is 1.86. The average molecular weight is 308 g/mol. The Labute approximate surface area is 121 Å². The van der Waals surface area contributed by atoms with Gasteiger partial charge in [0.1, 0.15) is 11.3 Å². The minimum Gasteiger partial charge on any atom is -0.398 e. The quantitative estimate of drug-likeness (QED) is 0.593. The van der Waals surface area contributed by atoms with Crippen LogP contribution in [-0.4, -0.2) is 14.6 Å². The van der Waals surface area contributed by atoms with Crippen molar-refractivity contribution < 1.29 is 4.39 Å². The molecule has 0 saturated carbocycles.